The number of carbonyl (C=O) groups excluding carboxylic acids is 1. The average Bonchev–Trinajstić information content (AvgIpc) is 2.78. The summed E-state index contributed by atoms with van der Waals surface area (Å²) in [5, 5.41) is 9.44. The third-order valence-corrected chi connectivity index (χ3v) is 3.50. The molecular weight excluding hydrogens is 332 g/mol. The molecule has 1 aromatic carbocycles. The van der Waals surface area contributed by atoms with Gasteiger partial charge in [0.25, 0.3) is 5.91 Å². The lowest BCUT2D eigenvalue weighted by Gasteiger charge is -2.26. The predicted octanol–water partition coefficient (Wildman–Crippen LogP) is 2.94. The maximum Gasteiger partial charge on any atom is 0.326 e. The summed E-state index contributed by atoms with van der Waals surface area (Å²) in [6.07, 6.45) is 0.106. The van der Waals surface area contributed by atoms with Crippen molar-refractivity contribution >= 4 is 23.5 Å². The van der Waals surface area contributed by atoms with Crippen molar-refractivity contribution in [2.24, 2.45) is 0 Å². The van der Waals surface area contributed by atoms with Crippen LogP contribution in [0.3, 0.4) is 0 Å². The number of carboxylic acid groups (broad SMARTS) is 1. The summed E-state index contributed by atoms with van der Waals surface area (Å²) < 4.78 is 31.7. The molecule has 1 amide bonds. The molecule has 1 N–H and O–H groups in total. The Kier molecular flexibility index (Phi) is 4.89. The van der Waals surface area contributed by atoms with E-state index < -0.39 is 30.3 Å². The molecule has 0 bridgehead atoms. The lowest BCUT2D eigenvalue weighted by Crippen LogP contribution is -2.45. The predicted molar refractivity (Wildman–Crippen MR) is 78.5 cm³/mol. The van der Waals surface area contributed by atoms with Crippen LogP contribution in [0.2, 0.25) is 5.02 Å². The number of para-hydroxylation sites is 1. The fraction of sp³-hybridized carbons (Fsp3) is 0.333. The van der Waals surface area contributed by atoms with Gasteiger partial charge in [0.15, 0.2) is 0 Å². The lowest BCUT2D eigenvalue weighted by molar-refractivity contribution is -0.151. The number of hydrogen-bond acceptors (Lipinski definition) is 3. The Balaban J connectivity index is 2.12. The summed E-state index contributed by atoms with van der Waals surface area (Å²) in [7, 11) is 0. The van der Waals surface area contributed by atoms with E-state index in [1.165, 1.54) is 0 Å². The molecule has 0 spiro atoms. The summed E-state index contributed by atoms with van der Waals surface area (Å²) in [6.45, 7) is 0.398. The molecule has 1 aliphatic rings. The molecule has 0 saturated carbocycles. The number of rotatable bonds is 6. The Morgan fingerprint density at radius 3 is 2.70 bits per heavy atom. The topological polar surface area (TPSA) is 66.8 Å². The molecule has 0 unspecified atom stereocenters. The van der Waals surface area contributed by atoms with Crippen molar-refractivity contribution in [3.8, 4) is 5.75 Å². The standard InChI is InChI=1S/C15H14ClF2NO4/c1-15(17,18)7-11(14(21)22)19-8-9(6-13(19)20)23-12-5-3-2-4-10(12)16/h2-6,11H,7-8H2,1H3,(H,21,22)/t11-/m0/s1. The maximum absolute atomic E-state index is 13.1. The van der Waals surface area contributed by atoms with Crippen LogP contribution in [-0.2, 0) is 9.59 Å². The fourth-order valence-corrected chi connectivity index (χ4v) is 2.35. The number of nitrogens with zero attached hydrogens (tertiary/aromatic N) is 1. The zero-order chi connectivity index (χ0) is 17.2. The molecule has 0 aromatic heterocycles. The Hall–Kier alpha value is -2.15. The Morgan fingerprint density at radius 1 is 1.48 bits per heavy atom. The van der Waals surface area contributed by atoms with E-state index in [9.17, 15) is 18.4 Å². The number of amides is 1. The van der Waals surface area contributed by atoms with E-state index >= 15 is 0 Å². The van der Waals surface area contributed by atoms with E-state index in [0.29, 0.717) is 17.7 Å². The van der Waals surface area contributed by atoms with Gasteiger partial charge in [-0.3, -0.25) is 4.79 Å². The number of hydrogen-bond donors (Lipinski definition) is 1. The first-order chi connectivity index (χ1) is 10.7. The lowest BCUT2D eigenvalue weighted by atomic mass is 10.1. The number of carboxylic acids is 1. The summed E-state index contributed by atoms with van der Waals surface area (Å²) in [5.74, 6) is -4.96. The second kappa shape index (κ2) is 6.54. The van der Waals surface area contributed by atoms with Gasteiger partial charge in [0.05, 0.1) is 11.6 Å². The molecule has 1 heterocycles. The molecule has 0 aliphatic carbocycles. The SMILES string of the molecule is CC(F)(F)C[C@@H](C(=O)O)N1CC(Oc2ccccc2Cl)=CC1=O. The van der Waals surface area contributed by atoms with Crippen molar-refractivity contribution in [1.29, 1.82) is 0 Å². The second-order valence-electron chi connectivity index (χ2n) is 5.24. The Morgan fingerprint density at radius 2 is 2.13 bits per heavy atom. The monoisotopic (exact) mass is 345 g/mol. The highest BCUT2D eigenvalue weighted by Crippen LogP contribution is 2.29. The first-order valence-corrected chi connectivity index (χ1v) is 7.09. The number of carbonyl (C=O) groups is 2. The fourth-order valence-electron chi connectivity index (χ4n) is 2.18. The van der Waals surface area contributed by atoms with Crippen LogP contribution in [0.25, 0.3) is 0 Å². The third kappa shape index (κ3) is 4.41. The third-order valence-electron chi connectivity index (χ3n) is 3.18. The van der Waals surface area contributed by atoms with Crippen LogP contribution in [0.1, 0.15) is 13.3 Å². The van der Waals surface area contributed by atoms with Gasteiger partial charge in [0.1, 0.15) is 17.6 Å². The van der Waals surface area contributed by atoms with E-state index in [1.54, 1.807) is 24.3 Å². The highest BCUT2D eigenvalue weighted by atomic mass is 35.5. The quantitative estimate of drug-likeness (QED) is 0.860. The van der Waals surface area contributed by atoms with Gasteiger partial charge in [-0.15, -0.1) is 0 Å². The van der Waals surface area contributed by atoms with Crippen LogP contribution in [0.5, 0.6) is 5.75 Å². The molecule has 1 aliphatic heterocycles. The van der Waals surface area contributed by atoms with Crippen LogP contribution >= 0.6 is 11.6 Å². The minimum Gasteiger partial charge on any atom is -0.480 e. The Bertz CT molecular complexity index is 657. The van der Waals surface area contributed by atoms with Crippen molar-refractivity contribution in [1.82, 2.24) is 4.90 Å². The van der Waals surface area contributed by atoms with Gasteiger partial charge in [0.2, 0.25) is 5.92 Å². The average molecular weight is 346 g/mol. The molecule has 5 nitrogen and oxygen atoms in total. The zero-order valence-corrected chi connectivity index (χ0v) is 12.9. The van der Waals surface area contributed by atoms with E-state index in [4.69, 9.17) is 21.4 Å². The first kappa shape index (κ1) is 17.2. The van der Waals surface area contributed by atoms with Gasteiger partial charge in [-0.25, -0.2) is 13.6 Å². The van der Waals surface area contributed by atoms with Crippen molar-refractivity contribution in [2.45, 2.75) is 25.3 Å². The number of ether oxygens (including phenoxy) is 1. The largest absolute Gasteiger partial charge is 0.480 e. The molecule has 0 saturated heterocycles. The summed E-state index contributed by atoms with van der Waals surface area (Å²) in [4.78, 5) is 24.0. The highest BCUT2D eigenvalue weighted by molar-refractivity contribution is 6.32. The van der Waals surface area contributed by atoms with Gasteiger partial charge in [-0.2, -0.15) is 0 Å². The molecule has 8 heteroatoms. The normalized spacial score (nSPS) is 16.3. The van der Waals surface area contributed by atoms with Crippen LogP contribution < -0.4 is 4.74 Å². The van der Waals surface area contributed by atoms with Crippen molar-refractivity contribution in [3.63, 3.8) is 0 Å². The van der Waals surface area contributed by atoms with Crippen molar-refractivity contribution in [3.05, 3.63) is 41.1 Å². The second-order valence-corrected chi connectivity index (χ2v) is 5.64. The summed E-state index contributed by atoms with van der Waals surface area (Å²) in [5.41, 5.74) is 0. The van der Waals surface area contributed by atoms with Crippen LogP contribution in [0, 0.1) is 0 Å². The smallest absolute Gasteiger partial charge is 0.326 e. The van der Waals surface area contributed by atoms with Crippen LogP contribution in [0.4, 0.5) is 8.78 Å². The highest BCUT2D eigenvalue weighted by Gasteiger charge is 2.39. The molecule has 0 fully saturated rings. The summed E-state index contributed by atoms with van der Waals surface area (Å²) >= 11 is 5.93. The van der Waals surface area contributed by atoms with E-state index in [-0.39, 0.29) is 12.3 Å². The molecule has 124 valence electrons. The number of alkyl halides is 2. The summed E-state index contributed by atoms with van der Waals surface area (Å²) in [6, 6.07) is 4.90. The van der Waals surface area contributed by atoms with Gasteiger partial charge < -0.3 is 14.7 Å². The van der Waals surface area contributed by atoms with Crippen molar-refractivity contribution < 1.29 is 28.2 Å². The molecular formula is C15H14ClF2NO4. The van der Waals surface area contributed by atoms with E-state index in [1.807, 2.05) is 0 Å². The van der Waals surface area contributed by atoms with Gasteiger partial charge in [-0.05, 0) is 19.1 Å². The van der Waals surface area contributed by atoms with Crippen molar-refractivity contribution in [2.75, 3.05) is 6.54 Å². The Labute approximate surface area is 136 Å². The van der Waals surface area contributed by atoms with E-state index in [0.717, 1.165) is 11.0 Å². The number of benzene rings is 1. The molecule has 0 radical (unpaired) electrons. The maximum atomic E-state index is 13.1. The van der Waals surface area contributed by atoms with E-state index in [2.05, 4.69) is 0 Å². The van der Waals surface area contributed by atoms with Gasteiger partial charge in [-0.1, -0.05) is 23.7 Å². The minimum atomic E-state index is -3.21. The number of halogens is 3. The molecule has 1 atom stereocenters. The van der Waals surface area contributed by atoms with Gasteiger partial charge >= 0.3 is 5.97 Å². The minimum absolute atomic E-state index is 0.147. The number of aliphatic carboxylic acids is 1. The van der Waals surface area contributed by atoms with Gasteiger partial charge in [0, 0.05) is 12.5 Å². The first-order valence-electron chi connectivity index (χ1n) is 6.71. The molecule has 23 heavy (non-hydrogen) atoms. The molecule has 1 aromatic rings. The zero-order valence-electron chi connectivity index (χ0n) is 12.1. The van der Waals surface area contributed by atoms with Crippen LogP contribution in [0.15, 0.2) is 36.1 Å². The molecule has 2 rings (SSSR count). The van der Waals surface area contributed by atoms with Crippen LogP contribution in [-0.4, -0.2) is 40.4 Å².